The van der Waals surface area contributed by atoms with Gasteiger partial charge in [0.2, 0.25) is 0 Å². The maximum absolute atomic E-state index is 13.5. The molecule has 0 amide bonds. The number of benzene rings is 1. The maximum Gasteiger partial charge on any atom is 0.134 e. The highest BCUT2D eigenvalue weighted by atomic mass is 19.1. The third-order valence-corrected chi connectivity index (χ3v) is 2.16. The fourth-order valence-corrected chi connectivity index (χ4v) is 1.32. The molecule has 80 valence electrons. The SMILES string of the molecule is COc1cc(F)c(C(C)(C)C#N)c(F)c1. The number of nitriles is 1. The molecule has 0 unspecified atom stereocenters. The van der Waals surface area contributed by atoms with Crippen LogP contribution in [-0.4, -0.2) is 7.11 Å². The number of methoxy groups -OCH3 is 1. The van der Waals surface area contributed by atoms with Gasteiger partial charge in [-0.05, 0) is 13.8 Å². The molecular weight excluding hydrogens is 200 g/mol. The zero-order valence-corrected chi connectivity index (χ0v) is 8.77. The van der Waals surface area contributed by atoms with Gasteiger partial charge in [-0.15, -0.1) is 0 Å². The summed E-state index contributed by atoms with van der Waals surface area (Å²) in [5.74, 6) is -1.43. The van der Waals surface area contributed by atoms with E-state index in [4.69, 9.17) is 10.00 Å². The van der Waals surface area contributed by atoms with Gasteiger partial charge in [0, 0.05) is 17.7 Å². The molecule has 0 aromatic heterocycles. The van der Waals surface area contributed by atoms with Crippen LogP contribution in [0.2, 0.25) is 0 Å². The van der Waals surface area contributed by atoms with Gasteiger partial charge >= 0.3 is 0 Å². The minimum atomic E-state index is -1.19. The Bertz CT molecular complexity index is 398. The van der Waals surface area contributed by atoms with Gasteiger partial charge in [-0.2, -0.15) is 5.26 Å². The minimum Gasteiger partial charge on any atom is -0.497 e. The van der Waals surface area contributed by atoms with E-state index in [9.17, 15) is 8.78 Å². The number of hydrogen-bond donors (Lipinski definition) is 0. The Hall–Kier alpha value is -1.63. The van der Waals surface area contributed by atoms with Crippen LogP contribution in [0.25, 0.3) is 0 Å². The van der Waals surface area contributed by atoms with Crippen LogP contribution >= 0.6 is 0 Å². The second-order valence-corrected chi connectivity index (χ2v) is 3.70. The first kappa shape index (κ1) is 11.4. The highest BCUT2D eigenvalue weighted by Crippen LogP contribution is 2.30. The van der Waals surface area contributed by atoms with Crippen molar-refractivity contribution in [1.29, 1.82) is 5.26 Å². The van der Waals surface area contributed by atoms with E-state index in [2.05, 4.69) is 0 Å². The number of halogens is 2. The van der Waals surface area contributed by atoms with Crippen LogP contribution in [0.15, 0.2) is 12.1 Å². The summed E-state index contributed by atoms with van der Waals surface area (Å²) in [6.07, 6.45) is 0. The molecule has 0 heterocycles. The highest BCUT2D eigenvalue weighted by molar-refractivity contribution is 5.38. The van der Waals surface area contributed by atoms with Crippen molar-refractivity contribution in [2.24, 2.45) is 0 Å². The van der Waals surface area contributed by atoms with Crippen molar-refractivity contribution >= 4 is 0 Å². The lowest BCUT2D eigenvalue weighted by Crippen LogP contribution is -2.18. The monoisotopic (exact) mass is 211 g/mol. The van der Waals surface area contributed by atoms with E-state index in [1.807, 2.05) is 6.07 Å². The fraction of sp³-hybridized carbons (Fsp3) is 0.364. The molecule has 0 spiro atoms. The lowest BCUT2D eigenvalue weighted by atomic mass is 9.85. The molecule has 4 heteroatoms. The summed E-state index contributed by atoms with van der Waals surface area (Å²) in [7, 11) is 1.32. The quantitative estimate of drug-likeness (QED) is 0.753. The first-order chi connectivity index (χ1) is 6.92. The van der Waals surface area contributed by atoms with E-state index in [0.717, 1.165) is 12.1 Å². The standard InChI is InChI=1S/C11H11F2NO/c1-11(2,6-14)10-8(12)4-7(15-3)5-9(10)13/h4-5H,1-3H3. The van der Waals surface area contributed by atoms with Gasteiger partial charge < -0.3 is 4.74 Å². The van der Waals surface area contributed by atoms with Crippen molar-refractivity contribution in [3.63, 3.8) is 0 Å². The van der Waals surface area contributed by atoms with Crippen LogP contribution in [0, 0.1) is 23.0 Å². The van der Waals surface area contributed by atoms with Crippen molar-refractivity contribution in [2.45, 2.75) is 19.3 Å². The average Bonchev–Trinajstić information content (AvgIpc) is 2.16. The van der Waals surface area contributed by atoms with Crippen molar-refractivity contribution < 1.29 is 13.5 Å². The van der Waals surface area contributed by atoms with Gasteiger partial charge in [-0.25, -0.2) is 8.78 Å². The van der Waals surface area contributed by atoms with Crippen molar-refractivity contribution in [3.8, 4) is 11.8 Å². The minimum absolute atomic E-state index is 0.0995. The number of rotatable bonds is 2. The molecule has 0 saturated heterocycles. The molecule has 1 aromatic carbocycles. The Morgan fingerprint density at radius 2 is 1.73 bits per heavy atom. The zero-order chi connectivity index (χ0) is 11.6. The van der Waals surface area contributed by atoms with Gasteiger partial charge in [0.1, 0.15) is 17.4 Å². The van der Waals surface area contributed by atoms with E-state index in [1.54, 1.807) is 0 Å². The number of nitrogens with zero attached hydrogens (tertiary/aromatic N) is 1. The van der Waals surface area contributed by atoms with Crippen LogP contribution in [-0.2, 0) is 5.41 Å². The molecule has 0 fully saturated rings. The van der Waals surface area contributed by atoms with Gasteiger partial charge in [-0.1, -0.05) is 0 Å². The van der Waals surface area contributed by atoms with E-state index in [0.29, 0.717) is 0 Å². The summed E-state index contributed by atoms with van der Waals surface area (Å²) in [5, 5.41) is 8.81. The highest BCUT2D eigenvalue weighted by Gasteiger charge is 2.28. The summed E-state index contributed by atoms with van der Waals surface area (Å²) >= 11 is 0. The van der Waals surface area contributed by atoms with Crippen LogP contribution in [0.4, 0.5) is 8.78 Å². The Morgan fingerprint density at radius 3 is 2.07 bits per heavy atom. The van der Waals surface area contributed by atoms with Crippen molar-refractivity contribution in [1.82, 2.24) is 0 Å². The lowest BCUT2D eigenvalue weighted by Gasteiger charge is -2.18. The molecule has 15 heavy (non-hydrogen) atoms. The van der Waals surface area contributed by atoms with Gasteiger partial charge in [0.15, 0.2) is 0 Å². The number of hydrogen-bond acceptors (Lipinski definition) is 2. The molecule has 0 atom stereocenters. The Morgan fingerprint density at radius 1 is 1.27 bits per heavy atom. The summed E-state index contributed by atoms with van der Waals surface area (Å²) in [6.45, 7) is 2.92. The Kier molecular flexibility index (Phi) is 2.94. The van der Waals surface area contributed by atoms with Crippen molar-refractivity contribution in [3.05, 3.63) is 29.3 Å². The summed E-state index contributed by atoms with van der Waals surface area (Å²) in [4.78, 5) is 0. The molecule has 1 aromatic rings. The topological polar surface area (TPSA) is 33.0 Å². The normalized spacial score (nSPS) is 10.9. The van der Waals surface area contributed by atoms with Crippen LogP contribution < -0.4 is 4.74 Å². The van der Waals surface area contributed by atoms with Crippen LogP contribution in [0.5, 0.6) is 5.75 Å². The molecule has 0 saturated carbocycles. The molecular formula is C11H11F2NO. The molecule has 0 aliphatic heterocycles. The smallest absolute Gasteiger partial charge is 0.134 e. The van der Waals surface area contributed by atoms with E-state index in [-0.39, 0.29) is 11.3 Å². The second-order valence-electron chi connectivity index (χ2n) is 3.70. The predicted octanol–water partition coefficient (Wildman–Crippen LogP) is 2.77. The molecule has 0 radical (unpaired) electrons. The van der Waals surface area contributed by atoms with Crippen molar-refractivity contribution in [2.75, 3.05) is 7.11 Å². The van der Waals surface area contributed by atoms with E-state index >= 15 is 0 Å². The fourth-order valence-electron chi connectivity index (χ4n) is 1.32. The molecule has 1 rings (SSSR count). The van der Waals surface area contributed by atoms with Crippen LogP contribution in [0.3, 0.4) is 0 Å². The molecule has 0 N–H and O–H groups in total. The predicted molar refractivity (Wildman–Crippen MR) is 51.5 cm³/mol. The average molecular weight is 211 g/mol. The first-order valence-corrected chi connectivity index (χ1v) is 4.37. The summed E-state index contributed by atoms with van der Waals surface area (Å²) in [6, 6.07) is 3.99. The molecule has 0 aliphatic carbocycles. The van der Waals surface area contributed by atoms with Gasteiger partial charge in [-0.3, -0.25) is 0 Å². The molecule has 0 bridgehead atoms. The zero-order valence-electron chi connectivity index (χ0n) is 8.77. The first-order valence-electron chi connectivity index (χ1n) is 4.37. The summed E-state index contributed by atoms with van der Waals surface area (Å²) in [5.41, 5.74) is -1.42. The molecule has 0 aliphatic rings. The Balaban J connectivity index is 3.40. The second kappa shape index (κ2) is 3.85. The van der Waals surface area contributed by atoms with Gasteiger partial charge in [0.25, 0.3) is 0 Å². The largest absolute Gasteiger partial charge is 0.497 e. The maximum atomic E-state index is 13.5. The number of ether oxygens (including phenoxy) is 1. The molecule has 2 nitrogen and oxygen atoms in total. The van der Waals surface area contributed by atoms with Gasteiger partial charge in [0.05, 0.1) is 18.6 Å². The third kappa shape index (κ3) is 2.07. The van der Waals surface area contributed by atoms with E-state index in [1.165, 1.54) is 21.0 Å². The summed E-state index contributed by atoms with van der Waals surface area (Å²) < 4.78 is 31.7. The third-order valence-electron chi connectivity index (χ3n) is 2.16. The lowest BCUT2D eigenvalue weighted by molar-refractivity contribution is 0.402. The van der Waals surface area contributed by atoms with Crippen LogP contribution in [0.1, 0.15) is 19.4 Å². The van der Waals surface area contributed by atoms with E-state index < -0.39 is 17.0 Å². The Labute approximate surface area is 87.1 Å².